The predicted molar refractivity (Wildman–Crippen MR) is 75.5 cm³/mol. The molecule has 0 bridgehead atoms. The summed E-state index contributed by atoms with van der Waals surface area (Å²) in [5, 5.41) is 1.90. The van der Waals surface area contributed by atoms with Crippen LogP contribution in [0.25, 0.3) is 0 Å². The van der Waals surface area contributed by atoms with E-state index in [4.69, 9.17) is 5.73 Å². The van der Waals surface area contributed by atoms with Crippen LogP contribution in [0.3, 0.4) is 0 Å². The monoisotopic (exact) mass is 258 g/mol. The van der Waals surface area contributed by atoms with E-state index in [1.54, 1.807) is 11.3 Å². The molecule has 1 aromatic heterocycles. The zero-order valence-corrected chi connectivity index (χ0v) is 12.3. The summed E-state index contributed by atoms with van der Waals surface area (Å²) < 4.78 is 0. The van der Waals surface area contributed by atoms with Crippen LogP contribution in [0.5, 0.6) is 0 Å². The van der Waals surface area contributed by atoms with Gasteiger partial charge in [0.15, 0.2) is 0 Å². The van der Waals surface area contributed by atoms with Crippen molar-refractivity contribution in [1.29, 1.82) is 0 Å². The second-order valence-electron chi connectivity index (χ2n) is 4.27. The van der Waals surface area contributed by atoms with Gasteiger partial charge in [0.25, 0.3) is 0 Å². The largest absolute Gasteiger partial charge is 0.327 e. The fourth-order valence-corrected chi connectivity index (χ4v) is 3.27. The molecule has 4 heteroatoms. The number of nitrogens with zero attached hydrogens (tertiary/aromatic N) is 1. The number of hydrogen-bond acceptors (Lipinski definition) is 4. The fourth-order valence-electron chi connectivity index (χ4n) is 1.32. The van der Waals surface area contributed by atoms with E-state index in [0.717, 1.165) is 17.9 Å². The Hall–Kier alpha value is -0.0600. The van der Waals surface area contributed by atoms with Crippen LogP contribution in [0.4, 0.5) is 0 Å². The lowest BCUT2D eigenvalue weighted by Gasteiger charge is -2.12. The maximum absolute atomic E-state index is 6.11. The predicted octanol–water partition coefficient (Wildman–Crippen LogP) is 3.16. The van der Waals surface area contributed by atoms with Crippen LogP contribution < -0.4 is 5.73 Å². The minimum Gasteiger partial charge on any atom is -0.327 e. The molecular formula is C12H22N2S2. The average molecular weight is 258 g/mol. The first-order valence-corrected chi connectivity index (χ1v) is 7.69. The SMILES string of the molecule is CCC(C)SCC(N)Cc1nc(C)c(C)s1. The van der Waals surface area contributed by atoms with Crippen LogP contribution in [0, 0.1) is 13.8 Å². The molecule has 0 aliphatic rings. The maximum atomic E-state index is 6.11. The molecule has 1 aromatic rings. The number of aryl methyl sites for hydroxylation is 2. The van der Waals surface area contributed by atoms with E-state index >= 15 is 0 Å². The Kier molecular flexibility index (Phi) is 5.79. The second-order valence-corrected chi connectivity index (χ2v) is 7.02. The molecule has 2 N–H and O–H groups in total. The van der Waals surface area contributed by atoms with Crippen molar-refractivity contribution in [1.82, 2.24) is 4.98 Å². The molecule has 1 heterocycles. The van der Waals surface area contributed by atoms with Gasteiger partial charge in [0.2, 0.25) is 0 Å². The number of thioether (sulfide) groups is 1. The molecule has 0 saturated heterocycles. The third kappa shape index (κ3) is 4.44. The molecule has 0 radical (unpaired) electrons. The van der Waals surface area contributed by atoms with Gasteiger partial charge in [0.1, 0.15) is 0 Å². The molecule has 0 amide bonds. The van der Waals surface area contributed by atoms with Gasteiger partial charge in [-0.2, -0.15) is 11.8 Å². The summed E-state index contributed by atoms with van der Waals surface area (Å²) in [4.78, 5) is 5.84. The normalized spacial score (nSPS) is 15.1. The van der Waals surface area contributed by atoms with Crippen LogP contribution in [0.2, 0.25) is 0 Å². The molecule has 0 saturated carbocycles. The van der Waals surface area contributed by atoms with Crippen LogP contribution in [0.1, 0.15) is 35.8 Å². The van der Waals surface area contributed by atoms with Gasteiger partial charge in [-0.05, 0) is 20.3 Å². The Balaban J connectivity index is 2.36. The zero-order valence-electron chi connectivity index (χ0n) is 10.6. The first kappa shape index (κ1) is 14.0. The Morgan fingerprint density at radius 1 is 1.44 bits per heavy atom. The molecule has 0 aromatic carbocycles. The highest BCUT2D eigenvalue weighted by Gasteiger charge is 2.10. The highest BCUT2D eigenvalue weighted by Crippen LogP contribution is 2.20. The van der Waals surface area contributed by atoms with E-state index in [0.29, 0.717) is 5.25 Å². The van der Waals surface area contributed by atoms with E-state index < -0.39 is 0 Å². The van der Waals surface area contributed by atoms with Gasteiger partial charge >= 0.3 is 0 Å². The van der Waals surface area contributed by atoms with Crippen molar-refractivity contribution in [2.24, 2.45) is 5.73 Å². The second kappa shape index (κ2) is 6.62. The van der Waals surface area contributed by atoms with Crippen LogP contribution in [0.15, 0.2) is 0 Å². The van der Waals surface area contributed by atoms with Crippen LogP contribution in [-0.2, 0) is 6.42 Å². The van der Waals surface area contributed by atoms with Gasteiger partial charge in [0, 0.05) is 28.3 Å². The van der Waals surface area contributed by atoms with Crippen molar-refractivity contribution in [3.63, 3.8) is 0 Å². The summed E-state index contributed by atoms with van der Waals surface area (Å²) in [6, 6.07) is 0.240. The molecular weight excluding hydrogens is 236 g/mol. The van der Waals surface area contributed by atoms with Crippen molar-refractivity contribution < 1.29 is 0 Å². The number of aromatic nitrogens is 1. The van der Waals surface area contributed by atoms with Crippen molar-refractivity contribution in [3.8, 4) is 0 Å². The van der Waals surface area contributed by atoms with Crippen molar-refractivity contribution in [2.75, 3.05) is 5.75 Å². The minimum absolute atomic E-state index is 0.240. The lowest BCUT2D eigenvalue weighted by atomic mass is 10.2. The molecule has 2 nitrogen and oxygen atoms in total. The third-order valence-corrected chi connectivity index (χ3v) is 5.30. The van der Waals surface area contributed by atoms with Crippen LogP contribution >= 0.6 is 23.1 Å². The first-order chi connectivity index (χ1) is 7.52. The van der Waals surface area contributed by atoms with Gasteiger partial charge in [-0.1, -0.05) is 13.8 Å². The van der Waals surface area contributed by atoms with E-state index in [1.807, 2.05) is 11.8 Å². The molecule has 92 valence electrons. The smallest absolute Gasteiger partial charge is 0.0946 e. The zero-order chi connectivity index (χ0) is 12.1. The minimum atomic E-state index is 0.240. The van der Waals surface area contributed by atoms with Crippen molar-refractivity contribution in [3.05, 3.63) is 15.6 Å². The standard InChI is InChI=1S/C12H22N2S2/c1-5-8(2)15-7-11(13)6-12-14-9(3)10(4)16-12/h8,11H,5-7,13H2,1-4H3. The molecule has 2 atom stereocenters. The summed E-state index contributed by atoms with van der Waals surface area (Å²) in [6.07, 6.45) is 2.13. The molecule has 0 spiro atoms. The lowest BCUT2D eigenvalue weighted by molar-refractivity contribution is 0.739. The molecule has 0 fully saturated rings. The molecule has 16 heavy (non-hydrogen) atoms. The summed E-state index contributed by atoms with van der Waals surface area (Å²) >= 11 is 3.75. The summed E-state index contributed by atoms with van der Waals surface area (Å²) in [5.74, 6) is 1.03. The van der Waals surface area contributed by atoms with Crippen LogP contribution in [-0.4, -0.2) is 22.0 Å². The molecule has 0 aliphatic heterocycles. The van der Waals surface area contributed by atoms with Crippen molar-refractivity contribution in [2.45, 2.75) is 51.8 Å². The van der Waals surface area contributed by atoms with Gasteiger partial charge in [0.05, 0.1) is 10.7 Å². The number of hydrogen-bond donors (Lipinski definition) is 1. The maximum Gasteiger partial charge on any atom is 0.0946 e. The van der Waals surface area contributed by atoms with Crippen molar-refractivity contribution >= 4 is 23.1 Å². The summed E-state index contributed by atoms with van der Waals surface area (Å²) in [5.41, 5.74) is 7.27. The van der Waals surface area contributed by atoms with E-state index in [9.17, 15) is 0 Å². The van der Waals surface area contributed by atoms with Gasteiger partial charge in [-0.25, -0.2) is 4.98 Å². The highest BCUT2D eigenvalue weighted by atomic mass is 32.2. The third-order valence-electron chi connectivity index (χ3n) is 2.68. The molecule has 2 unspecified atom stereocenters. The fraction of sp³-hybridized carbons (Fsp3) is 0.750. The van der Waals surface area contributed by atoms with Gasteiger partial charge in [-0.3, -0.25) is 0 Å². The Labute approximate surface area is 107 Å². The topological polar surface area (TPSA) is 38.9 Å². The Morgan fingerprint density at radius 3 is 2.62 bits per heavy atom. The quantitative estimate of drug-likeness (QED) is 0.852. The summed E-state index contributed by atoms with van der Waals surface area (Å²) in [7, 11) is 0. The lowest BCUT2D eigenvalue weighted by Crippen LogP contribution is -2.26. The number of thiazole rings is 1. The van der Waals surface area contributed by atoms with Gasteiger partial charge < -0.3 is 5.73 Å². The van der Waals surface area contributed by atoms with Gasteiger partial charge in [-0.15, -0.1) is 11.3 Å². The molecule has 0 aliphatic carbocycles. The first-order valence-electron chi connectivity index (χ1n) is 5.83. The van der Waals surface area contributed by atoms with E-state index in [2.05, 4.69) is 32.7 Å². The number of rotatable bonds is 6. The molecule has 1 rings (SSSR count). The highest BCUT2D eigenvalue weighted by molar-refractivity contribution is 7.99. The Morgan fingerprint density at radius 2 is 2.12 bits per heavy atom. The summed E-state index contributed by atoms with van der Waals surface area (Å²) in [6.45, 7) is 8.66. The average Bonchev–Trinajstić information content (AvgIpc) is 2.54. The number of nitrogens with two attached hydrogens (primary N) is 1. The van der Waals surface area contributed by atoms with E-state index in [-0.39, 0.29) is 6.04 Å². The van der Waals surface area contributed by atoms with E-state index in [1.165, 1.54) is 16.3 Å². The Bertz CT molecular complexity index is 303.